The van der Waals surface area contributed by atoms with E-state index in [1.165, 1.54) is 0 Å². The van der Waals surface area contributed by atoms with Crippen molar-refractivity contribution < 1.29 is 28.7 Å². The van der Waals surface area contributed by atoms with Crippen LogP contribution in [0.4, 0.5) is 0 Å². The smallest absolute Gasteiger partial charge is 0.134 e. The molecule has 0 aliphatic heterocycles. The Bertz CT molecular complexity index is 69.1. The Labute approximate surface area is 74.7 Å². The monoisotopic (exact) mass is 185 g/mol. The molecule has 49 valence electrons. The van der Waals surface area contributed by atoms with Gasteiger partial charge in [-0.1, -0.05) is 0 Å². The SMILES string of the molecule is O=[P+](O)O.O=[P+](O)O.[Na]. The molecular weight excluding hydrogens is 181 g/mol. The van der Waals surface area contributed by atoms with Crippen LogP contribution in [0.25, 0.3) is 0 Å². The molecule has 0 amide bonds. The van der Waals surface area contributed by atoms with Crippen molar-refractivity contribution >= 4 is 46.1 Å². The Morgan fingerprint density at radius 1 is 0.778 bits per heavy atom. The number of hydrogen-bond acceptors (Lipinski definition) is 2. The van der Waals surface area contributed by atoms with Gasteiger partial charge in [-0.3, -0.25) is 0 Å². The summed E-state index contributed by atoms with van der Waals surface area (Å²) in [6.07, 6.45) is 0. The molecule has 0 aromatic carbocycles. The molecule has 0 aliphatic rings. The van der Waals surface area contributed by atoms with Crippen LogP contribution in [0.3, 0.4) is 0 Å². The van der Waals surface area contributed by atoms with E-state index >= 15 is 0 Å². The van der Waals surface area contributed by atoms with Crippen molar-refractivity contribution in [2.45, 2.75) is 0 Å². The minimum atomic E-state index is -2.87. The maximum Gasteiger partial charge on any atom is 0.692 e. The fourth-order valence-corrected chi connectivity index (χ4v) is 0. The third kappa shape index (κ3) is 414. The van der Waals surface area contributed by atoms with Crippen LogP contribution >= 0.6 is 16.5 Å². The normalized spacial score (nSPS) is 5.78. The van der Waals surface area contributed by atoms with E-state index in [1.807, 2.05) is 0 Å². The molecule has 0 saturated carbocycles. The van der Waals surface area contributed by atoms with Gasteiger partial charge < -0.3 is 0 Å². The molecule has 0 rings (SSSR count). The molecule has 0 saturated heterocycles. The van der Waals surface area contributed by atoms with Gasteiger partial charge in [0.1, 0.15) is 0 Å². The molecule has 9 heavy (non-hydrogen) atoms. The fraction of sp³-hybridized carbons (Fsp3) is 0. The number of hydrogen-bond donors (Lipinski definition) is 4. The van der Waals surface area contributed by atoms with E-state index in [0.29, 0.717) is 0 Å². The molecule has 0 unspecified atom stereocenters. The number of rotatable bonds is 0. The van der Waals surface area contributed by atoms with Gasteiger partial charge in [-0.15, -0.1) is 19.6 Å². The van der Waals surface area contributed by atoms with Crippen molar-refractivity contribution in [3.63, 3.8) is 0 Å². The topological polar surface area (TPSA) is 115 Å². The van der Waals surface area contributed by atoms with Crippen LogP contribution in [0, 0.1) is 0 Å². The Hall–Kier alpha value is 1.04. The second kappa shape index (κ2) is 11.8. The van der Waals surface area contributed by atoms with Crippen molar-refractivity contribution in [3.05, 3.63) is 0 Å². The minimum Gasteiger partial charge on any atom is -0.134 e. The second-order valence-corrected chi connectivity index (χ2v) is 1.52. The first-order chi connectivity index (χ1) is 3.46. The molecule has 0 atom stereocenters. The molecule has 0 aromatic heterocycles. The van der Waals surface area contributed by atoms with Crippen molar-refractivity contribution in [2.75, 3.05) is 0 Å². The summed E-state index contributed by atoms with van der Waals surface area (Å²) >= 11 is 0. The van der Waals surface area contributed by atoms with Crippen molar-refractivity contribution in [2.24, 2.45) is 0 Å². The molecule has 0 aliphatic carbocycles. The fourth-order valence-electron chi connectivity index (χ4n) is 0. The summed E-state index contributed by atoms with van der Waals surface area (Å²) in [4.78, 5) is 28.5. The summed E-state index contributed by atoms with van der Waals surface area (Å²) in [5.74, 6) is 0. The average Bonchev–Trinajstić information content (AvgIpc) is 1.25. The van der Waals surface area contributed by atoms with Gasteiger partial charge in [0.2, 0.25) is 0 Å². The van der Waals surface area contributed by atoms with E-state index in [9.17, 15) is 0 Å². The zero-order chi connectivity index (χ0) is 7.15. The summed E-state index contributed by atoms with van der Waals surface area (Å²) in [6, 6.07) is 0. The van der Waals surface area contributed by atoms with Gasteiger partial charge in [0.15, 0.2) is 0 Å². The average molecular weight is 185 g/mol. The van der Waals surface area contributed by atoms with Crippen LogP contribution in [0.15, 0.2) is 0 Å². The summed E-state index contributed by atoms with van der Waals surface area (Å²) in [5, 5.41) is 0. The van der Waals surface area contributed by atoms with Gasteiger partial charge in [0.25, 0.3) is 0 Å². The van der Waals surface area contributed by atoms with Crippen LogP contribution < -0.4 is 0 Å². The van der Waals surface area contributed by atoms with Crippen LogP contribution in [0.2, 0.25) is 0 Å². The first kappa shape index (κ1) is 16.6. The van der Waals surface area contributed by atoms with Crippen LogP contribution in [0.1, 0.15) is 0 Å². The molecule has 9 heteroatoms. The van der Waals surface area contributed by atoms with Gasteiger partial charge in [-0.05, 0) is 0 Å². The third-order valence-electron chi connectivity index (χ3n) is 0. The van der Waals surface area contributed by atoms with Gasteiger partial charge in [-0.2, -0.15) is 0 Å². The van der Waals surface area contributed by atoms with E-state index in [4.69, 9.17) is 28.7 Å². The molecule has 0 fully saturated rings. The van der Waals surface area contributed by atoms with Crippen LogP contribution in [0.5, 0.6) is 0 Å². The van der Waals surface area contributed by atoms with Crippen molar-refractivity contribution in [1.29, 1.82) is 0 Å². The van der Waals surface area contributed by atoms with E-state index in [-0.39, 0.29) is 29.6 Å². The predicted molar refractivity (Wildman–Crippen MR) is 29.8 cm³/mol. The zero-order valence-corrected chi connectivity index (χ0v) is 8.29. The van der Waals surface area contributed by atoms with Gasteiger partial charge in [-0.25, -0.2) is 0 Å². The molecule has 4 N–H and O–H groups in total. The predicted octanol–water partition coefficient (Wildman–Crippen LogP) is -1.12. The molecule has 0 aromatic rings. The molecule has 1 radical (unpaired) electrons. The standard InChI is InChI=1S/Na.2HO3P/c;2*1-4(2)3/h;2*(H-,1,2,3)/p+2. The van der Waals surface area contributed by atoms with Crippen LogP contribution in [-0.2, 0) is 9.13 Å². The molecule has 0 spiro atoms. The van der Waals surface area contributed by atoms with E-state index in [1.54, 1.807) is 0 Å². The molecule has 0 bridgehead atoms. The van der Waals surface area contributed by atoms with Gasteiger partial charge in [0, 0.05) is 38.7 Å². The second-order valence-electron chi connectivity index (χ2n) is 0.505. The van der Waals surface area contributed by atoms with Crippen LogP contribution in [-0.4, -0.2) is 49.1 Å². The Morgan fingerprint density at radius 3 is 0.778 bits per heavy atom. The maximum absolute atomic E-state index is 8.70. The zero-order valence-electron chi connectivity index (χ0n) is 4.50. The Balaban J connectivity index is -0.0000000720. The minimum absolute atomic E-state index is 0. The first-order valence-corrected chi connectivity index (χ1v) is 3.50. The van der Waals surface area contributed by atoms with Crippen molar-refractivity contribution in [3.8, 4) is 0 Å². The molecule has 6 nitrogen and oxygen atoms in total. The Morgan fingerprint density at radius 2 is 0.778 bits per heavy atom. The van der Waals surface area contributed by atoms with E-state index < -0.39 is 16.5 Å². The Kier molecular flexibility index (Phi) is 21.7. The third-order valence-corrected chi connectivity index (χ3v) is 0. The summed E-state index contributed by atoms with van der Waals surface area (Å²) in [5.41, 5.74) is 0. The summed E-state index contributed by atoms with van der Waals surface area (Å²) in [7, 11) is -5.74. The summed E-state index contributed by atoms with van der Waals surface area (Å²) < 4.78 is 17.4. The van der Waals surface area contributed by atoms with Gasteiger partial charge in [0.05, 0.1) is 0 Å². The van der Waals surface area contributed by atoms with Crippen molar-refractivity contribution in [1.82, 2.24) is 0 Å². The molecular formula is H4NaO6P2+2. The van der Waals surface area contributed by atoms with E-state index in [2.05, 4.69) is 0 Å². The first-order valence-electron chi connectivity index (χ1n) is 1.17. The van der Waals surface area contributed by atoms with Gasteiger partial charge >= 0.3 is 16.5 Å². The maximum atomic E-state index is 8.70. The molecule has 0 heterocycles. The quantitative estimate of drug-likeness (QED) is 0.280. The summed E-state index contributed by atoms with van der Waals surface area (Å²) in [6.45, 7) is 0. The van der Waals surface area contributed by atoms with E-state index in [0.717, 1.165) is 0 Å². The largest absolute Gasteiger partial charge is 0.692 e.